The molecule has 2 aromatic heterocycles. The molecule has 0 aliphatic carbocycles. The molecule has 6 aromatic carbocycles. The quantitative estimate of drug-likeness (QED) is 0.239. The molecular formula is C36H24N2OS. The number of rotatable bonds is 5. The number of anilines is 5. The summed E-state index contributed by atoms with van der Waals surface area (Å²) in [5, 5.41) is 8.30. The van der Waals surface area contributed by atoms with E-state index in [4.69, 9.17) is 4.42 Å². The topological polar surface area (TPSA) is 28.4 Å². The fourth-order valence-corrected chi connectivity index (χ4v) is 6.68. The number of fused-ring (bicyclic) bond motifs is 6. The summed E-state index contributed by atoms with van der Waals surface area (Å²) in [6.45, 7) is 0. The van der Waals surface area contributed by atoms with Crippen molar-refractivity contribution in [1.82, 2.24) is 0 Å². The van der Waals surface area contributed by atoms with Crippen LogP contribution in [0.1, 0.15) is 0 Å². The summed E-state index contributed by atoms with van der Waals surface area (Å²) >= 11 is 1.83. The van der Waals surface area contributed by atoms with Gasteiger partial charge in [-0.15, -0.1) is 11.3 Å². The Labute approximate surface area is 235 Å². The van der Waals surface area contributed by atoms with Crippen LogP contribution in [0, 0.1) is 0 Å². The molecule has 4 heteroatoms. The third-order valence-corrected chi connectivity index (χ3v) is 8.56. The summed E-state index contributed by atoms with van der Waals surface area (Å²) in [6, 6.07) is 49.0. The second-order valence-corrected chi connectivity index (χ2v) is 11.0. The highest BCUT2D eigenvalue weighted by Gasteiger charge is 2.20. The van der Waals surface area contributed by atoms with E-state index in [1.165, 1.54) is 20.2 Å². The third kappa shape index (κ3) is 3.81. The second-order valence-electron chi connectivity index (χ2n) is 9.90. The molecule has 1 N–H and O–H groups in total. The lowest BCUT2D eigenvalue weighted by atomic mass is 10.1. The van der Waals surface area contributed by atoms with Crippen molar-refractivity contribution in [3.05, 3.63) is 140 Å². The first-order valence-electron chi connectivity index (χ1n) is 13.4. The number of hydrogen-bond donors (Lipinski definition) is 1. The normalized spacial score (nSPS) is 11.5. The van der Waals surface area contributed by atoms with Crippen molar-refractivity contribution in [1.29, 1.82) is 0 Å². The van der Waals surface area contributed by atoms with Crippen molar-refractivity contribution in [2.45, 2.75) is 0 Å². The maximum absolute atomic E-state index is 6.26. The zero-order chi connectivity index (χ0) is 26.5. The first-order valence-corrected chi connectivity index (χ1v) is 14.2. The minimum atomic E-state index is 0.887. The maximum atomic E-state index is 6.26. The van der Waals surface area contributed by atoms with Gasteiger partial charge in [-0.2, -0.15) is 0 Å². The summed E-state index contributed by atoms with van der Waals surface area (Å²) in [5.41, 5.74) is 7.26. The van der Waals surface area contributed by atoms with Gasteiger partial charge in [0.2, 0.25) is 0 Å². The molecule has 8 rings (SSSR count). The van der Waals surface area contributed by atoms with Crippen LogP contribution in [0.5, 0.6) is 0 Å². The third-order valence-electron chi connectivity index (χ3n) is 7.41. The van der Waals surface area contributed by atoms with Gasteiger partial charge in [0.05, 0.1) is 11.1 Å². The van der Waals surface area contributed by atoms with Crippen LogP contribution in [0.15, 0.2) is 144 Å². The molecule has 0 saturated heterocycles. The van der Waals surface area contributed by atoms with E-state index in [2.05, 4.69) is 132 Å². The Morgan fingerprint density at radius 3 is 2.05 bits per heavy atom. The van der Waals surface area contributed by atoms with Crippen LogP contribution in [0.25, 0.3) is 42.1 Å². The van der Waals surface area contributed by atoms with Gasteiger partial charge in [-0.05, 0) is 78.9 Å². The van der Waals surface area contributed by atoms with Gasteiger partial charge < -0.3 is 14.6 Å². The molecule has 0 atom stereocenters. The van der Waals surface area contributed by atoms with E-state index < -0.39 is 0 Å². The lowest BCUT2D eigenvalue weighted by molar-refractivity contribution is 0.669. The molecule has 8 aromatic rings. The zero-order valence-electron chi connectivity index (χ0n) is 21.5. The molecule has 2 heterocycles. The van der Waals surface area contributed by atoms with Gasteiger partial charge in [0.1, 0.15) is 11.2 Å². The Balaban J connectivity index is 1.33. The smallest absolute Gasteiger partial charge is 0.137 e. The van der Waals surface area contributed by atoms with E-state index in [0.717, 1.165) is 50.4 Å². The number of thiophene rings is 1. The van der Waals surface area contributed by atoms with Crippen molar-refractivity contribution >= 4 is 81.9 Å². The average molecular weight is 533 g/mol. The average Bonchev–Trinajstić information content (AvgIpc) is 3.57. The Morgan fingerprint density at radius 1 is 0.500 bits per heavy atom. The molecule has 0 unspecified atom stereocenters. The first kappa shape index (κ1) is 22.9. The number of nitrogens with zero attached hydrogens (tertiary/aromatic N) is 1. The van der Waals surface area contributed by atoms with Gasteiger partial charge in [0.15, 0.2) is 0 Å². The molecule has 0 amide bonds. The summed E-state index contributed by atoms with van der Waals surface area (Å²) < 4.78 is 8.81. The maximum Gasteiger partial charge on any atom is 0.137 e. The molecule has 0 aliphatic rings. The predicted molar refractivity (Wildman–Crippen MR) is 171 cm³/mol. The molecule has 0 radical (unpaired) electrons. The number of nitrogens with one attached hydrogen (secondary N) is 1. The highest BCUT2D eigenvalue weighted by atomic mass is 32.1. The number of benzene rings is 6. The minimum absolute atomic E-state index is 0.887. The lowest BCUT2D eigenvalue weighted by Gasteiger charge is -2.26. The molecule has 3 nitrogen and oxygen atoms in total. The highest BCUT2D eigenvalue weighted by molar-refractivity contribution is 7.25. The van der Waals surface area contributed by atoms with E-state index in [1.807, 2.05) is 29.5 Å². The monoisotopic (exact) mass is 532 g/mol. The van der Waals surface area contributed by atoms with Crippen molar-refractivity contribution in [3.63, 3.8) is 0 Å². The van der Waals surface area contributed by atoms with Crippen LogP contribution < -0.4 is 10.2 Å². The van der Waals surface area contributed by atoms with Crippen LogP contribution in [0.4, 0.5) is 28.4 Å². The predicted octanol–water partition coefficient (Wildman–Crippen LogP) is 11.2. The van der Waals surface area contributed by atoms with Gasteiger partial charge >= 0.3 is 0 Å². The molecule has 0 spiro atoms. The molecule has 40 heavy (non-hydrogen) atoms. The summed E-state index contributed by atoms with van der Waals surface area (Å²) in [5.74, 6) is 0. The molecule has 0 aliphatic heterocycles. The van der Waals surface area contributed by atoms with Gasteiger partial charge in [0.25, 0.3) is 0 Å². The SMILES string of the molecule is c1ccc(Nc2ccc3sc4ccc(N(c5ccccc5)c5cccc6oc7ccccc7c56)cc4c3c2)cc1. The van der Waals surface area contributed by atoms with Gasteiger partial charge in [-0.3, -0.25) is 0 Å². The second kappa shape index (κ2) is 9.30. The standard InChI is InChI=1S/C36H24N2OS/c1-3-10-24(11-4-1)37-25-18-20-34-29(22-25)30-23-27(19-21-35(30)40-34)38(26-12-5-2-6-13-26)31-15-9-17-33-36(31)28-14-7-8-16-32(28)39-33/h1-23,37H. The lowest BCUT2D eigenvalue weighted by Crippen LogP contribution is -2.10. The van der Waals surface area contributed by atoms with Gasteiger partial charge in [0, 0.05) is 48.3 Å². The van der Waals surface area contributed by atoms with Crippen LogP contribution in [0.3, 0.4) is 0 Å². The molecule has 0 bridgehead atoms. The molecule has 0 fully saturated rings. The van der Waals surface area contributed by atoms with Crippen molar-refractivity contribution in [2.24, 2.45) is 0 Å². The first-order chi connectivity index (χ1) is 19.8. The highest BCUT2D eigenvalue weighted by Crippen LogP contribution is 2.45. The molecule has 190 valence electrons. The number of hydrogen-bond acceptors (Lipinski definition) is 4. The van der Waals surface area contributed by atoms with Crippen molar-refractivity contribution < 1.29 is 4.42 Å². The Hall–Kier alpha value is -5.06. The largest absolute Gasteiger partial charge is 0.456 e. The van der Waals surface area contributed by atoms with Crippen molar-refractivity contribution in [3.8, 4) is 0 Å². The van der Waals surface area contributed by atoms with Crippen LogP contribution in [0.2, 0.25) is 0 Å². The summed E-state index contributed by atoms with van der Waals surface area (Å²) in [6.07, 6.45) is 0. The van der Waals surface area contributed by atoms with E-state index in [9.17, 15) is 0 Å². The van der Waals surface area contributed by atoms with Crippen LogP contribution in [-0.4, -0.2) is 0 Å². The minimum Gasteiger partial charge on any atom is -0.456 e. The van der Waals surface area contributed by atoms with Crippen LogP contribution >= 0.6 is 11.3 Å². The number of furan rings is 1. The van der Waals surface area contributed by atoms with E-state index in [0.29, 0.717) is 0 Å². The zero-order valence-corrected chi connectivity index (χ0v) is 22.4. The summed E-state index contributed by atoms with van der Waals surface area (Å²) in [4.78, 5) is 2.35. The molecular weight excluding hydrogens is 508 g/mol. The van der Waals surface area contributed by atoms with Crippen LogP contribution in [-0.2, 0) is 0 Å². The summed E-state index contributed by atoms with van der Waals surface area (Å²) in [7, 11) is 0. The van der Waals surface area contributed by atoms with Crippen molar-refractivity contribution in [2.75, 3.05) is 10.2 Å². The molecule has 0 saturated carbocycles. The Morgan fingerprint density at radius 2 is 1.20 bits per heavy atom. The number of para-hydroxylation sites is 3. The van der Waals surface area contributed by atoms with E-state index in [-0.39, 0.29) is 0 Å². The fraction of sp³-hybridized carbons (Fsp3) is 0. The fourth-order valence-electron chi connectivity index (χ4n) is 5.62. The van der Waals surface area contributed by atoms with Gasteiger partial charge in [-0.1, -0.05) is 60.7 Å². The van der Waals surface area contributed by atoms with E-state index in [1.54, 1.807) is 0 Å². The Kier molecular flexibility index (Phi) is 5.32. The van der Waals surface area contributed by atoms with E-state index >= 15 is 0 Å². The van der Waals surface area contributed by atoms with Gasteiger partial charge in [-0.25, -0.2) is 0 Å². The Bertz CT molecular complexity index is 2150.